The fourth-order valence-electron chi connectivity index (χ4n) is 1.80. The molecule has 0 bridgehead atoms. The monoisotopic (exact) mass is 313 g/mol. The Morgan fingerprint density at radius 1 is 1.32 bits per heavy atom. The van der Waals surface area contributed by atoms with Gasteiger partial charge in [0, 0.05) is 13.5 Å². The molecule has 5 N–H and O–H groups in total. The molecule has 0 aliphatic carbocycles. The highest BCUT2D eigenvalue weighted by molar-refractivity contribution is 5.75. The van der Waals surface area contributed by atoms with E-state index in [9.17, 15) is 14.4 Å². The van der Waals surface area contributed by atoms with E-state index in [1.54, 1.807) is 0 Å². The predicted molar refractivity (Wildman–Crippen MR) is 73.6 cm³/mol. The van der Waals surface area contributed by atoms with Crippen molar-refractivity contribution in [3.63, 3.8) is 0 Å². The van der Waals surface area contributed by atoms with Crippen molar-refractivity contribution in [1.82, 2.24) is 20.8 Å². The molecular weight excluding hydrogens is 294 g/mol. The van der Waals surface area contributed by atoms with Crippen LogP contribution in [-0.4, -0.2) is 39.8 Å². The number of carbonyl (C=O) groups is 3. The molecule has 10 heteroatoms. The SMILES string of the molecule is CC(=O)NC(CCCCNC(=O)O)c1nnc(CC(N)=O)o1. The second-order valence-electron chi connectivity index (χ2n) is 4.66. The van der Waals surface area contributed by atoms with Crippen molar-refractivity contribution in [2.75, 3.05) is 6.54 Å². The van der Waals surface area contributed by atoms with E-state index in [1.165, 1.54) is 6.92 Å². The summed E-state index contributed by atoms with van der Waals surface area (Å²) in [6.45, 7) is 1.68. The van der Waals surface area contributed by atoms with Gasteiger partial charge in [-0.2, -0.15) is 0 Å². The van der Waals surface area contributed by atoms with Crippen LogP contribution in [0.4, 0.5) is 4.79 Å². The molecule has 1 unspecified atom stereocenters. The van der Waals surface area contributed by atoms with Crippen LogP contribution in [0.25, 0.3) is 0 Å². The minimum Gasteiger partial charge on any atom is -0.465 e. The second-order valence-corrected chi connectivity index (χ2v) is 4.66. The number of nitrogens with two attached hydrogens (primary N) is 1. The van der Waals surface area contributed by atoms with Gasteiger partial charge < -0.3 is 25.9 Å². The average molecular weight is 313 g/mol. The molecule has 10 nitrogen and oxygen atoms in total. The van der Waals surface area contributed by atoms with Crippen LogP contribution in [0.15, 0.2) is 4.42 Å². The maximum absolute atomic E-state index is 11.2. The third kappa shape index (κ3) is 6.68. The summed E-state index contributed by atoms with van der Waals surface area (Å²) in [5.41, 5.74) is 5.04. The van der Waals surface area contributed by atoms with Gasteiger partial charge in [0.15, 0.2) is 0 Å². The van der Waals surface area contributed by atoms with Gasteiger partial charge in [-0.15, -0.1) is 10.2 Å². The van der Waals surface area contributed by atoms with Crippen molar-refractivity contribution in [3.05, 3.63) is 11.8 Å². The molecule has 1 aromatic rings. The lowest BCUT2D eigenvalue weighted by Gasteiger charge is -2.13. The lowest BCUT2D eigenvalue weighted by Crippen LogP contribution is -2.27. The Labute approximate surface area is 126 Å². The lowest BCUT2D eigenvalue weighted by molar-refractivity contribution is -0.120. The maximum Gasteiger partial charge on any atom is 0.404 e. The molecule has 0 aliphatic heterocycles. The Morgan fingerprint density at radius 3 is 2.64 bits per heavy atom. The first-order valence-electron chi connectivity index (χ1n) is 6.73. The summed E-state index contributed by atoms with van der Waals surface area (Å²) < 4.78 is 5.31. The quantitative estimate of drug-likeness (QED) is 0.455. The van der Waals surface area contributed by atoms with Crippen LogP contribution in [0, 0.1) is 0 Å². The number of primary amides is 1. The summed E-state index contributed by atoms with van der Waals surface area (Å²) in [5.74, 6) is -0.572. The van der Waals surface area contributed by atoms with Gasteiger partial charge in [-0.1, -0.05) is 0 Å². The van der Waals surface area contributed by atoms with E-state index in [0.29, 0.717) is 25.8 Å². The van der Waals surface area contributed by atoms with Crippen molar-refractivity contribution >= 4 is 17.9 Å². The minimum atomic E-state index is -1.08. The zero-order chi connectivity index (χ0) is 16.5. The molecule has 0 saturated heterocycles. The molecule has 122 valence electrons. The third-order valence-electron chi connectivity index (χ3n) is 2.68. The van der Waals surface area contributed by atoms with Crippen LogP contribution >= 0.6 is 0 Å². The Hall–Kier alpha value is -2.65. The van der Waals surface area contributed by atoms with E-state index >= 15 is 0 Å². The van der Waals surface area contributed by atoms with Crippen molar-refractivity contribution in [2.24, 2.45) is 5.73 Å². The number of hydrogen-bond donors (Lipinski definition) is 4. The molecule has 1 aromatic heterocycles. The predicted octanol–water partition coefficient (Wildman–Crippen LogP) is -0.287. The normalized spacial score (nSPS) is 11.7. The summed E-state index contributed by atoms with van der Waals surface area (Å²) >= 11 is 0. The Morgan fingerprint density at radius 2 is 2.05 bits per heavy atom. The van der Waals surface area contributed by atoms with Gasteiger partial charge in [-0.25, -0.2) is 4.79 Å². The van der Waals surface area contributed by atoms with E-state index in [2.05, 4.69) is 20.8 Å². The summed E-state index contributed by atoms with van der Waals surface area (Å²) in [6, 6.07) is -0.489. The number of unbranched alkanes of at least 4 members (excludes halogenated alkanes) is 1. The highest BCUT2D eigenvalue weighted by Gasteiger charge is 2.20. The van der Waals surface area contributed by atoms with Crippen LogP contribution in [-0.2, 0) is 16.0 Å². The third-order valence-corrected chi connectivity index (χ3v) is 2.68. The highest BCUT2D eigenvalue weighted by Crippen LogP contribution is 2.18. The summed E-state index contributed by atoms with van der Waals surface area (Å²) in [5, 5.41) is 20.9. The Kier molecular flexibility index (Phi) is 6.80. The maximum atomic E-state index is 11.2. The Balaban J connectivity index is 2.56. The van der Waals surface area contributed by atoms with Gasteiger partial charge >= 0.3 is 6.09 Å². The van der Waals surface area contributed by atoms with Crippen LogP contribution < -0.4 is 16.4 Å². The van der Waals surface area contributed by atoms with E-state index in [4.69, 9.17) is 15.3 Å². The van der Waals surface area contributed by atoms with Gasteiger partial charge in [0.2, 0.25) is 23.6 Å². The topological polar surface area (TPSA) is 160 Å². The molecule has 22 heavy (non-hydrogen) atoms. The van der Waals surface area contributed by atoms with Crippen molar-refractivity contribution in [3.8, 4) is 0 Å². The molecular formula is C12H19N5O5. The molecule has 1 heterocycles. The highest BCUT2D eigenvalue weighted by atomic mass is 16.4. The molecule has 0 radical (unpaired) electrons. The molecule has 1 rings (SSSR count). The van der Waals surface area contributed by atoms with E-state index in [0.717, 1.165) is 0 Å². The fourth-order valence-corrected chi connectivity index (χ4v) is 1.80. The number of rotatable bonds is 9. The number of nitrogens with zero attached hydrogens (tertiary/aromatic N) is 2. The molecule has 0 spiro atoms. The van der Waals surface area contributed by atoms with Crippen LogP contribution in [0.3, 0.4) is 0 Å². The van der Waals surface area contributed by atoms with E-state index in [1.807, 2.05) is 0 Å². The number of aromatic nitrogens is 2. The second kappa shape index (κ2) is 8.60. The van der Waals surface area contributed by atoms with Gasteiger partial charge in [0.05, 0.1) is 0 Å². The summed E-state index contributed by atoms with van der Waals surface area (Å²) in [4.78, 5) is 32.3. The van der Waals surface area contributed by atoms with Gasteiger partial charge in [-0.05, 0) is 19.3 Å². The largest absolute Gasteiger partial charge is 0.465 e. The molecule has 0 aliphatic rings. The smallest absolute Gasteiger partial charge is 0.404 e. The number of amides is 3. The van der Waals surface area contributed by atoms with Crippen molar-refractivity contribution in [1.29, 1.82) is 0 Å². The standard InChI is InChI=1S/C12H19N5O5/c1-7(18)15-8(4-2-3-5-14-12(20)21)11-17-16-10(22-11)6-9(13)19/h8,14H,2-6H2,1H3,(H2,13,19)(H,15,18)(H,20,21). The zero-order valence-electron chi connectivity index (χ0n) is 12.2. The zero-order valence-corrected chi connectivity index (χ0v) is 12.2. The lowest BCUT2D eigenvalue weighted by atomic mass is 10.1. The summed E-state index contributed by atoms with van der Waals surface area (Å²) in [7, 11) is 0. The van der Waals surface area contributed by atoms with Crippen LogP contribution in [0.5, 0.6) is 0 Å². The molecule has 1 atom stereocenters. The molecule has 0 saturated carbocycles. The minimum absolute atomic E-state index is 0.0883. The number of nitrogens with one attached hydrogen (secondary N) is 2. The van der Waals surface area contributed by atoms with Crippen molar-refractivity contribution < 1.29 is 23.9 Å². The first-order valence-corrected chi connectivity index (χ1v) is 6.73. The number of hydrogen-bond acceptors (Lipinski definition) is 6. The Bertz CT molecular complexity index is 530. The molecule has 0 aromatic carbocycles. The van der Waals surface area contributed by atoms with E-state index < -0.39 is 18.0 Å². The van der Waals surface area contributed by atoms with Gasteiger partial charge in [0.25, 0.3) is 0 Å². The van der Waals surface area contributed by atoms with Crippen LogP contribution in [0.1, 0.15) is 44.0 Å². The van der Waals surface area contributed by atoms with E-state index in [-0.39, 0.29) is 24.1 Å². The average Bonchev–Trinajstić information content (AvgIpc) is 2.83. The first-order chi connectivity index (χ1) is 10.4. The number of carbonyl (C=O) groups excluding carboxylic acids is 2. The summed E-state index contributed by atoms with van der Waals surface area (Å²) in [6.07, 6.45) is 0.497. The first kappa shape index (κ1) is 17.4. The molecule has 0 fully saturated rings. The van der Waals surface area contributed by atoms with Gasteiger partial charge in [0.1, 0.15) is 12.5 Å². The number of carboxylic acid groups (broad SMARTS) is 1. The fraction of sp³-hybridized carbons (Fsp3) is 0.583. The van der Waals surface area contributed by atoms with Gasteiger partial charge in [-0.3, -0.25) is 9.59 Å². The van der Waals surface area contributed by atoms with Crippen molar-refractivity contribution in [2.45, 2.75) is 38.6 Å². The van der Waals surface area contributed by atoms with Crippen LogP contribution in [0.2, 0.25) is 0 Å². The molecule has 3 amide bonds.